The van der Waals surface area contributed by atoms with Gasteiger partial charge in [-0.1, -0.05) is 28.6 Å². The highest BCUT2D eigenvalue weighted by Gasteiger charge is 2.34. The maximum absolute atomic E-state index is 12.9. The van der Waals surface area contributed by atoms with Gasteiger partial charge in [0, 0.05) is 13.6 Å². The second kappa shape index (κ2) is 7.83. The molecule has 1 saturated heterocycles. The summed E-state index contributed by atoms with van der Waals surface area (Å²) in [6.45, 7) is 4.19. The van der Waals surface area contributed by atoms with Gasteiger partial charge in [0.05, 0.1) is 6.04 Å². The van der Waals surface area contributed by atoms with Crippen LogP contribution in [0.2, 0.25) is 0 Å². The summed E-state index contributed by atoms with van der Waals surface area (Å²) in [5, 5.41) is 4.42. The third kappa shape index (κ3) is 3.54. The molecule has 0 spiro atoms. The Morgan fingerprint density at radius 3 is 2.84 bits per heavy atom. The van der Waals surface area contributed by atoms with Crippen molar-refractivity contribution in [3.63, 3.8) is 0 Å². The molecule has 1 aromatic carbocycles. The zero-order chi connectivity index (χ0) is 22.4. The number of hydrogen-bond donors (Lipinski definition) is 0. The average Bonchev–Trinajstić information content (AvgIpc) is 3.49. The van der Waals surface area contributed by atoms with Gasteiger partial charge in [0.2, 0.25) is 5.82 Å². The van der Waals surface area contributed by atoms with Crippen molar-refractivity contribution in [2.75, 3.05) is 6.54 Å². The largest absolute Gasteiger partial charge is 0.415 e. The van der Waals surface area contributed by atoms with E-state index in [-0.39, 0.29) is 28.8 Å². The minimum absolute atomic E-state index is 0.170. The van der Waals surface area contributed by atoms with E-state index in [0.717, 1.165) is 18.4 Å². The van der Waals surface area contributed by atoms with Crippen molar-refractivity contribution >= 4 is 27.8 Å². The highest BCUT2D eigenvalue weighted by Crippen LogP contribution is 2.36. The lowest BCUT2D eigenvalue weighted by molar-refractivity contribution is 0.147. The van der Waals surface area contributed by atoms with Crippen LogP contribution in [0.25, 0.3) is 22.1 Å². The van der Waals surface area contributed by atoms with Crippen LogP contribution >= 0.6 is 11.3 Å². The van der Waals surface area contributed by atoms with Gasteiger partial charge in [-0.15, -0.1) is 0 Å². The zero-order valence-corrected chi connectivity index (χ0v) is 18.5. The molecule has 5 rings (SSSR count). The van der Waals surface area contributed by atoms with E-state index in [0.29, 0.717) is 28.0 Å². The Bertz CT molecular complexity index is 1390. The van der Waals surface area contributed by atoms with Crippen LogP contribution in [0, 0.1) is 13.8 Å². The maximum atomic E-state index is 12.9. The van der Waals surface area contributed by atoms with Crippen LogP contribution in [0.5, 0.6) is 5.75 Å². The number of thiazole rings is 1. The average molecular weight is 452 g/mol. The lowest BCUT2D eigenvalue weighted by Gasteiger charge is -2.22. The highest BCUT2D eigenvalue weighted by molar-refractivity contribution is 7.18. The molecule has 3 aromatic heterocycles. The summed E-state index contributed by atoms with van der Waals surface area (Å²) >= 11 is 1.29. The molecule has 0 radical (unpaired) electrons. The molecule has 0 bridgehead atoms. The zero-order valence-electron chi connectivity index (χ0n) is 17.7. The summed E-state index contributed by atoms with van der Waals surface area (Å²) in [6.07, 6.45) is 1.13. The number of aromatic nitrogens is 5. The number of nitrogens with zero attached hydrogens (tertiary/aromatic N) is 6. The van der Waals surface area contributed by atoms with Gasteiger partial charge in [0.15, 0.2) is 16.2 Å². The summed E-state index contributed by atoms with van der Waals surface area (Å²) in [6, 6.07) is 7.08. The van der Waals surface area contributed by atoms with Crippen molar-refractivity contribution in [3.8, 4) is 17.5 Å². The Morgan fingerprint density at radius 2 is 2.09 bits per heavy atom. The van der Waals surface area contributed by atoms with Gasteiger partial charge >= 0.3 is 6.09 Å². The number of likely N-dealkylation sites (tertiary alicyclic amines) is 1. The summed E-state index contributed by atoms with van der Waals surface area (Å²) in [7, 11) is 1.59. The van der Waals surface area contributed by atoms with Gasteiger partial charge < -0.3 is 9.26 Å². The number of fused-ring (bicyclic) bond motifs is 1. The van der Waals surface area contributed by atoms with Crippen molar-refractivity contribution in [2.24, 2.45) is 7.05 Å². The number of carbonyl (C=O) groups excluding carboxylic acids is 1. The SMILES string of the molecule is Cc1cccc(OC(=O)N2CCC[C@@H]2c2nc3c(=O)n(C)c(-c4nc(C)no4)nc3s2)c1. The molecule has 1 amide bonds. The van der Waals surface area contributed by atoms with E-state index >= 15 is 0 Å². The lowest BCUT2D eigenvalue weighted by Crippen LogP contribution is -2.33. The molecular formula is C21H20N6O4S. The van der Waals surface area contributed by atoms with E-state index in [9.17, 15) is 9.59 Å². The molecule has 164 valence electrons. The topological polar surface area (TPSA) is 116 Å². The Kier molecular flexibility index (Phi) is 4.97. The first-order valence-electron chi connectivity index (χ1n) is 10.1. The van der Waals surface area contributed by atoms with Gasteiger partial charge in [-0.05, 0) is 44.4 Å². The summed E-state index contributed by atoms with van der Waals surface area (Å²) in [4.78, 5) is 41.2. The van der Waals surface area contributed by atoms with Crippen LogP contribution in [0.15, 0.2) is 33.6 Å². The Labute approximate surface area is 186 Å². The fourth-order valence-electron chi connectivity index (χ4n) is 3.77. The van der Waals surface area contributed by atoms with Crippen molar-refractivity contribution in [2.45, 2.75) is 32.7 Å². The Morgan fingerprint density at radius 1 is 1.25 bits per heavy atom. The van der Waals surface area contributed by atoms with Gasteiger partial charge in [0.25, 0.3) is 11.4 Å². The van der Waals surface area contributed by atoms with Gasteiger partial charge in [-0.25, -0.2) is 14.8 Å². The van der Waals surface area contributed by atoms with Gasteiger partial charge in [-0.2, -0.15) is 4.98 Å². The molecule has 1 atom stereocenters. The predicted molar refractivity (Wildman–Crippen MR) is 117 cm³/mol. The third-order valence-corrected chi connectivity index (χ3v) is 6.39. The highest BCUT2D eigenvalue weighted by atomic mass is 32.1. The van der Waals surface area contributed by atoms with Crippen molar-refractivity contribution in [1.82, 2.24) is 29.6 Å². The molecule has 1 fully saturated rings. The minimum atomic E-state index is -0.430. The molecule has 1 aliphatic heterocycles. The first-order valence-corrected chi connectivity index (χ1v) is 11.0. The molecule has 0 N–H and O–H groups in total. The van der Waals surface area contributed by atoms with Crippen LogP contribution in [-0.2, 0) is 7.05 Å². The minimum Gasteiger partial charge on any atom is -0.410 e. The smallest absolute Gasteiger partial charge is 0.410 e. The molecule has 11 heteroatoms. The van der Waals surface area contributed by atoms with Crippen LogP contribution in [0.4, 0.5) is 4.79 Å². The predicted octanol–water partition coefficient (Wildman–Crippen LogP) is 3.39. The van der Waals surface area contributed by atoms with E-state index in [4.69, 9.17) is 9.26 Å². The third-order valence-electron chi connectivity index (χ3n) is 5.34. The first-order chi connectivity index (χ1) is 15.4. The fraction of sp³-hybridized carbons (Fsp3) is 0.333. The quantitative estimate of drug-likeness (QED) is 0.464. The number of amides is 1. The number of aryl methyl sites for hydroxylation is 2. The molecule has 4 aromatic rings. The summed E-state index contributed by atoms with van der Waals surface area (Å²) < 4.78 is 12.1. The standard InChI is InChI=1S/C21H20N6O4S/c1-11-6-4-7-13(10-11)30-21(29)27-9-5-8-14(27)18-23-15-19(32-18)24-16(26(3)20(15)28)17-22-12(2)25-31-17/h4,6-7,10,14H,5,8-9H2,1-3H3/t14-/m1/s1. The molecule has 0 saturated carbocycles. The molecule has 1 aliphatic rings. The van der Waals surface area contributed by atoms with E-state index < -0.39 is 6.09 Å². The number of rotatable bonds is 3. The van der Waals surface area contributed by atoms with Crippen LogP contribution in [-0.4, -0.2) is 42.2 Å². The van der Waals surface area contributed by atoms with Crippen molar-refractivity contribution < 1.29 is 14.1 Å². The van der Waals surface area contributed by atoms with E-state index in [1.54, 1.807) is 24.9 Å². The molecule has 4 heterocycles. The molecule has 32 heavy (non-hydrogen) atoms. The van der Waals surface area contributed by atoms with E-state index in [1.807, 2.05) is 25.1 Å². The van der Waals surface area contributed by atoms with Crippen molar-refractivity contribution in [3.05, 3.63) is 51.0 Å². The maximum Gasteiger partial charge on any atom is 0.415 e. The van der Waals surface area contributed by atoms with Gasteiger partial charge in [-0.3, -0.25) is 14.3 Å². The number of ether oxygens (including phenoxy) is 1. The number of carbonyl (C=O) groups is 1. The van der Waals surface area contributed by atoms with E-state index in [2.05, 4.69) is 20.1 Å². The fourth-order valence-corrected chi connectivity index (χ4v) is 4.85. The molecule has 10 nitrogen and oxygen atoms in total. The van der Waals surface area contributed by atoms with E-state index in [1.165, 1.54) is 15.9 Å². The van der Waals surface area contributed by atoms with Crippen LogP contribution < -0.4 is 10.3 Å². The number of benzene rings is 1. The first kappa shape index (κ1) is 20.3. The summed E-state index contributed by atoms with van der Waals surface area (Å²) in [5.74, 6) is 1.40. The normalized spacial score (nSPS) is 16.1. The second-order valence-corrected chi connectivity index (χ2v) is 8.70. The van der Waals surface area contributed by atoms with Gasteiger partial charge in [0.1, 0.15) is 10.8 Å². The Hall–Kier alpha value is -3.60. The van der Waals surface area contributed by atoms with Crippen LogP contribution in [0.1, 0.15) is 35.3 Å². The van der Waals surface area contributed by atoms with Crippen molar-refractivity contribution in [1.29, 1.82) is 0 Å². The molecule has 0 unspecified atom stereocenters. The number of hydrogen-bond acceptors (Lipinski definition) is 9. The second-order valence-electron chi connectivity index (χ2n) is 7.69. The van der Waals surface area contributed by atoms with Crippen LogP contribution in [0.3, 0.4) is 0 Å². The monoisotopic (exact) mass is 452 g/mol. The lowest BCUT2D eigenvalue weighted by atomic mass is 10.2. The molecular weight excluding hydrogens is 432 g/mol. The molecule has 0 aliphatic carbocycles. The summed E-state index contributed by atoms with van der Waals surface area (Å²) in [5.41, 5.74) is 0.954. The Balaban J connectivity index is 1.47.